The number of nitrogen functional groups attached to an aromatic ring is 2. The zero-order valence-corrected chi connectivity index (χ0v) is 7.02. The number of anilines is 2. The summed E-state index contributed by atoms with van der Waals surface area (Å²) < 4.78 is 0. The summed E-state index contributed by atoms with van der Waals surface area (Å²) in [6.07, 6.45) is 0.923. The highest BCUT2D eigenvalue weighted by atomic mass is 14.9. The van der Waals surface area contributed by atoms with Gasteiger partial charge in [-0.2, -0.15) is 0 Å². The fourth-order valence-electron chi connectivity index (χ4n) is 1.97. The van der Waals surface area contributed by atoms with Gasteiger partial charge in [-0.15, -0.1) is 0 Å². The van der Waals surface area contributed by atoms with E-state index in [9.17, 15) is 0 Å². The maximum Gasteiger partial charge on any atom is 0.101 e. The van der Waals surface area contributed by atoms with Crippen LogP contribution in [0, 0.1) is 0 Å². The molecule has 0 unspecified atom stereocenters. The number of rotatable bonds is 0. The van der Waals surface area contributed by atoms with Crippen molar-refractivity contribution in [3.8, 4) is 11.4 Å². The number of aromatic nitrogens is 2. The largest absolute Gasteiger partial charge is 0.385 e. The van der Waals surface area contributed by atoms with Gasteiger partial charge < -0.3 is 21.4 Å². The zero-order chi connectivity index (χ0) is 9.00. The normalized spacial score (nSPS) is 12.9. The number of fused-ring (bicyclic) bond motifs is 3. The van der Waals surface area contributed by atoms with Crippen molar-refractivity contribution in [1.29, 1.82) is 0 Å². The lowest BCUT2D eigenvalue weighted by Crippen LogP contribution is -1.85. The lowest BCUT2D eigenvalue weighted by Gasteiger charge is -1.91. The Kier molecular flexibility index (Phi) is 0.974. The van der Waals surface area contributed by atoms with Gasteiger partial charge in [0.25, 0.3) is 0 Å². The molecule has 0 saturated carbocycles. The monoisotopic (exact) mass is 174 g/mol. The minimum absolute atomic E-state index is 0.712. The molecule has 66 valence electrons. The molecule has 4 nitrogen and oxygen atoms in total. The first kappa shape index (κ1) is 6.65. The smallest absolute Gasteiger partial charge is 0.101 e. The number of hydrogen-bond acceptors (Lipinski definition) is 2. The van der Waals surface area contributed by atoms with Crippen LogP contribution in [-0.2, 0) is 6.42 Å². The van der Waals surface area contributed by atoms with E-state index in [-0.39, 0.29) is 0 Å². The second-order valence-corrected chi connectivity index (χ2v) is 3.43. The summed E-state index contributed by atoms with van der Waals surface area (Å²) in [7, 11) is 0. The molecule has 13 heavy (non-hydrogen) atoms. The number of hydrogen-bond donors (Lipinski definition) is 4. The average Bonchev–Trinajstić information content (AvgIpc) is 2.60. The van der Waals surface area contributed by atoms with E-state index in [1.54, 1.807) is 0 Å². The molecule has 1 aliphatic carbocycles. The Morgan fingerprint density at radius 1 is 0.923 bits per heavy atom. The van der Waals surface area contributed by atoms with E-state index in [0.29, 0.717) is 11.6 Å². The van der Waals surface area contributed by atoms with Gasteiger partial charge in [-0.3, -0.25) is 0 Å². The van der Waals surface area contributed by atoms with Crippen molar-refractivity contribution in [1.82, 2.24) is 9.97 Å². The molecule has 6 N–H and O–H groups in total. The van der Waals surface area contributed by atoms with Crippen LogP contribution in [0.15, 0.2) is 12.1 Å². The summed E-state index contributed by atoms with van der Waals surface area (Å²) in [5, 5.41) is 0. The molecule has 0 radical (unpaired) electrons. The van der Waals surface area contributed by atoms with Crippen molar-refractivity contribution in [2.45, 2.75) is 6.42 Å². The van der Waals surface area contributed by atoms with Gasteiger partial charge in [-0.05, 0) is 23.3 Å². The van der Waals surface area contributed by atoms with E-state index >= 15 is 0 Å². The summed E-state index contributed by atoms with van der Waals surface area (Å²) >= 11 is 0. The van der Waals surface area contributed by atoms with Gasteiger partial charge in [0.05, 0.1) is 11.4 Å². The first-order valence-electron chi connectivity index (χ1n) is 4.19. The Morgan fingerprint density at radius 3 is 1.85 bits per heavy atom. The Balaban J connectivity index is 2.28. The van der Waals surface area contributed by atoms with Gasteiger partial charge in [0.2, 0.25) is 0 Å². The topological polar surface area (TPSA) is 83.6 Å². The van der Waals surface area contributed by atoms with Crippen LogP contribution in [0.1, 0.15) is 11.1 Å². The zero-order valence-electron chi connectivity index (χ0n) is 7.02. The van der Waals surface area contributed by atoms with Gasteiger partial charge in [0, 0.05) is 6.42 Å². The molecule has 0 aromatic carbocycles. The van der Waals surface area contributed by atoms with Crippen LogP contribution >= 0.6 is 0 Å². The van der Waals surface area contributed by atoms with Crippen LogP contribution in [-0.4, -0.2) is 9.97 Å². The van der Waals surface area contributed by atoms with Gasteiger partial charge in [0.1, 0.15) is 11.6 Å². The molecule has 0 aliphatic heterocycles. The molecule has 2 aromatic heterocycles. The Morgan fingerprint density at radius 2 is 1.38 bits per heavy atom. The third-order valence-electron chi connectivity index (χ3n) is 2.47. The lowest BCUT2D eigenvalue weighted by molar-refractivity contribution is 1.28. The van der Waals surface area contributed by atoms with Crippen LogP contribution < -0.4 is 11.5 Å². The van der Waals surface area contributed by atoms with E-state index < -0.39 is 0 Å². The second-order valence-electron chi connectivity index (χ2n) is 3.43. The first-order valence-corrected chi connectivity index (χ1v) is 4.19. The van der Waals surface area contributed by atoms with Crippen molar-refractivity contribution in [2.24, 2.45) is 0 Å². The quantitative estimate of drug-likeness (QED) is 0.411. The van der Waals surface area contributed by atoms with Gasteiger partial charge in [-0.25, -0.2) is 0 Å². The van der Waals surface area contributed by atoms with Gasteiger partial charge in [-0.1, -0.05) is 0 Å². The highest BCUT2D eigenvalue weighted by Gasteiger charge is 2.22. The third-order valence-corrected chi connectivity index (χ3v) is 2.47. The molecule has 2 aromatic rings. The standard InChI is InChI=1S/C9H10N4/c10-6-2-4-1-5-3-7(11)13-9(5)8(4)12-6/h2-3,12-13H,1,10-11H2. The summed E-state index contributed by atoms with van der Waals surface area (Å²) in [5.41, 5.74) is 16.0. The molecule has 3 rings (SSSR count). The maximum atomic E-state index is 5.65. The van der Waals surface area contributed by atoms with Crippen LogP contribution in [0.25, 0.3) is 11.4 Å². The predicted molar refractivity (Wildman–Crippen MR) is 52.2 cm³/mol. The van der Waals surface area contributed by atoms with Crippen LogP contribution in [0.5, 0.6) is 0 Å². The summed E-state index contributed by atoms with van der Waals surface area (Å²) in [6, 6.07) is 3.94. The van der Waals surface area contributed by atoms with Gasteiger partial charge >= 0.3 is 0 Å². The van der Waals surface area contributed by atoms with Crippen LogP contribution in [0.4, 0.5) is 11.6 Å². The Bertz CT molecular complexity index is 434. The summed E-state index contributed by atoms with van der Waals surface area (Å²) in [6.45, 7) is 0. The minimum Gasteiger partial charge on any atom is -0.385 e. The van der Waals surface area contributed by atoms with Crippen molar-refractivity contribution >= 4 is 11.6 Å². The Hall–Kier alpha value is -1.84. The fraction of sp³-hybridized carbons (Fsp3) is 0.111. The minimum atomic E-state index is 0.712. The maximum absolute atomic E-state index is 5.65. The molecular weight excluding hydrogens is 164 g/mol. The molecule has 0 atom stereocenters. The molecule has 0 bridgehead atoms. The number of nitrogens with two attached hydrogens (primary N) is 2. The molecule has 4 heteroatoms. The molecular formula is C9H10N4. The highest BCUT2D eigenvalue weighted by Crippen LogP contribution is 2.37. The van der Waals surface area contributed by atoms with Crippen molar-refractivity contribution < 1.29 is 0 Å². The molecule has 1 aliphatic rings. The summed E-state index contributed by atoms with van der Waals surface area (Å²) in [4.78, 5) is 6.23. The van der Waals surface area contributed by atoms with Crippen molar-refractivity contribution in [2.75, 3.05) is 11.5 Å². The molecule has 0 saturated heterocycles. The molecule has 0 fully saturated rings. The van der Waals surface area contributed by atoms with E-state index in [0.717, 1.165) is 17.8 Å². The van der Waals surface area contributed by atoms with Crippen molar-refractivity contribution in [3.05, 3.63) is 23.3 Å². The molecule has 0 spiro atoms. The molecule has 0 amide bonds. The highest BCUT2D eigenvalue weighted by molar-refractivity contribution is 5.75. The Labute approximate surface area is 74.9 Å². The third kappa shape index (κ3) is 0.744. The average molecular weight is 174 g/mol. The van der Waals surface area contributed by atoms with Crippen LogP contribution in [0.2, 0.25) is 0 Å². The van der Waals surface area contributed by atoms with Crippen LogP contribution in [0.3, 0.4) is 0 Å². The number of H-pyrrole nitrogens is 2. The SMILES string of the molecule is Nc1cc2c([nH]1)-c1[nH]c(N)cc1C2. The van der Waals surface area contributed by atoms with Gasteiger partial charge in [0.15, 0.2) is 0 Å². The van der Waals surface area contributed by atoms with E-state index in [4.69, 9.17) is 11.5 Å². The van der Waals surface area contributed by atoms with Crippen molar-refractivity contribution in [3.63, 3.8) is 0 Å². The van der Waals surface area contributed by atoms with E-state index in [1.165, 1.54) is 11.1 Å². The number of aromatic amines is 2. The lowest BCUT2D eigenvalue weighted by atomic mass is 10.2. The summed E-state index contributed by atoms with van der Waals surface area (Å²) in [5.74, 6) is 1.42. The predicted octanol–water partition coefficient (Wildman–Crippen LogP) is 1.08. The number of nitrogens with one attached hydrogen (secondary N) is 2. The fourth-order valence-corrected chi connectivity index (χ4v) is 1.97. The molecule has 2 heterocycles. The van der Waals surface area contributed by atoms with E-state index in [2.05, 4.69) is 9.97 Å². The first-order chi connectivity index (χ1) is 6.24. The van der Waals surface area contributed by atoms with E-state index in [1.807, 2.05) is 12.1 Å². The second kappa shape index (κ2) is 1.90.